The van der Waals surface area contributed by atoms with Gasteiger partial charge >= 0.3 is 0 Å². The third kappa shape index (κ3) is 4.04. The van der Waals surface area contributed by atoms with Crippen molar-refractivity contribution in [3.05, 3.63) is 58.0 Å². The van der Waals surface area contributed by atoms with Crippen molar-refractivity contribution in [2.45, 2.75) is 18.2 Å². The van der Waals surface area contributed by atoms with Gasteiger partial charge in [-0.05, 0) is 48.6 Å². The van der Waals surface area contributed by atoms with Crippen LogP contribution >= 0.6 is 35.0 Å². The van der Waals surface area contributed by atoms with E-state index in [1.165, 1.54) is 6.26 Å². The number of carbonyl (C=O) groups excluding carboxylic acids is 2. The van der Waals surface area contributed by atoms with Gasteiger partial charge in [-0.1, -0.05) is 29.3 Å². The first-order valence-corrected chi connectivity index (χ1v) is 11.0. The van der Waals surface area contributed by atoms with Gasteiger partial charge in [0.15, 0.2) is 5.76 Å². The number of carbonyl (C=O) groups is 2. The zero-order valence-electron chi connectivity index (χ0n) is 15.1. The summed E-state index contributed by atoms with van der Waals surface area (Å²) < 4.78 is 5.21. The monoisotopic (exact) mass is 438 g/mol. The molecule has 0 bridgehead atoms. The molecule has 2 amide bonds. The van der Waals surface area contributed by atoms with Gasteiger partial charge in [0.05, 0.1) is 22.1 Å². The molecule has 0 N–H and O–H groups in total. The Morgan fingerprint density at radius 1 is 1.18 bits per heavy atom. The Morgan fingerprint density at radius 3 is 2.64 bits per heavy atom. The number of rotatable bonds is 4. The highest BCUT2D eigenvalue weighted by Crippen LogP contribution is 2.41. The fourth-order valence-corrected chi connectivity index (χ4v) is 5.24. The summed E-state index contributed by atoms with van der Waals surface area (Å²) in [6, 6.07) is 8.97. The minimum absolute atomic E-state index is 0.0370. The number of furan rings is 1. The van der Waals surface area contributed by atoms with E-state index in [9.17, 15) is 9.59 Å². The lowest BCUT2D eigenvalue weighted by atomic mass is 9.95. The fraction of sp³-hybridized carbons (Fsp3) is 0.400. The van der Waals surface area contributed by atoms with Crippen molar-refractivity contribution in [3.8, 4) is 0 Å². The predicted molar refractivity (Wildman–Crippen MR) is 111 cm³/mol. The van der Waals surface area contributed by atoms with E-state index < -0.39 is 0 Å². The molecule has 3 heterocycles. The lowest BCUT2D eigenvalue weighted by Crippen LogP contribution is -2.42. The summed E-state index contributed by atoms with van der Waals surface area (Å²) in [5.41, 5.74) is 0.996. The van der Waals surface area contributed by atoms with Gasteiger partial charge in [-0.25, -0.2) is 0 Å². The highest BCUT2D eigenvalue weighted by atomic mass is 35.5. The second-order valence-corrected chi connectivity index (χ2v) is 8.98. The number of likely N-dealkylation sites (tertiary alicyclic amines) is 1. The molecule has 1 aromatic heterocycles. The first-order valence-electron chi connectivity index (χ1n) is 9.21. The average Bonchev–Trinajstić information content (AvgIpc) is 3.35. The van der Waals surface area contributed by atoms with Crippen molar-refractivity contribution < 1.29 is 14.0 Å². The lowest BCUT2D eigenvalue weighted by molar-refractivity contribution is -0.128. The third-order valence-electron chi connectivity index (χ3n) is 5.29. The molecule has 0 saturated carbocycles. The minimum atomic E-state index is -0.0649. The summed E-state index contributed by atoms with van der Waals surface area (Å²) in [5, 5.41) is 0.980. The molecule has 5 nitrogen and oxygen atoms in total. The highest BCUT2D eigenvalue weighted by molar-refractivity contribution is 8.00. The van der Waals surface area contributed by atoms with Crippen LogP contribution in [0, 0.1) is 5.92 Å². The maximum absolute atomic E-state index is 12.5. The molecule has 0 radical (unpaired) electrons. The minimum Gasteiger partial charge on any atom is -0.459 e. The second-order valence-electron chi connectivity index (χ2n) is 7.10. The van der Waals surface area contributed by atoms with Crippen LogP contribution in [0.3, 0.4) is 0 Å². The number of hydrogen-bond acceptors (Lipinski definition) is 4. The number of halogens is 2. The van der Waals surface area contributed by atoms with Crippen molar-refractivity contribution in [1.82, 2.24) is 9.80 Å². The zero-order chi connectivity index (χ0) is 19.7. The zero-order valence-corrected chi connectivity index (χ0v) is 17.5. The summed E-state index contributed by atoms with van der Waals surface area (Å²) in [5.74, 6) is 1.30. The maximum Gasteiger partial charge on any atom is 0.289 e. The van der Waals surface area contributed by atoms with E-state index in [2.05, 4.69) is 0 Å². The number of thioether (sulfide) groups is 1. The molecule has 2 saturated heterocycles. The molecule has 2 fully saturated rings. The van der Waals surface area contributed by atoms with Crippen LogP contribution in [-0.2, 0) is 4.79 Å². The molecular weight excluding hydrogens is 419 g/mol. The third-order valence-corrected chi connectivity index (χ3v) is 7.28. The largest absolute Gasteiger partial charge is 0.459 e. The molecule has 28 heavy (non-hydrogen) atoms. The highest BCUT2D eigenvalue weighted by Gasteiger charge is 2.35. The van der Waals surface area contributed by atoms with Crippen LogP contribution in [0.2, 0.25) is 10.0 Å². The first-order chi connectivity index (χ1) is 13.5. The Morgan fingerprint density at radius 2 is 1.96 bits per heavy atom. The molecule has 1 atom stereocenters. The SMILES string of the molecule is O=C(c1ccco1)N1CCC(CN2C(=O)CSC2c2ccc(Cl)c(Cl)c2)CC1. The number of benzene rings is 1. The molecule has 1 aromatic carbocycles. The van der Waals surface area contributed by atoms with Crippen LogP contribution < -0.4 is 0 Å². The summed E-state index contributed by atoms with van der Waals surface area (Å²) >= 11 is 13.8. The van der Waals surface area contributed by atoms with E-state index in [-0.39, 0.29) is 17.2 Å². The van der Waals surface area contributed by atoms with E-state index in [1.54, 1.807) is 30.0 Å². The van der Waals surface area contributed by atoms with Gasteiger partial charge < -0.3 is 14.2 Å². The summed E-state index contributed by atoms with van der Waals surface area (Å²) in [6.07, 6.45) is 3.25. The smallest absolute Gasteiger partial charge is 0.289 e. The maximum atomic E-state index is 12.5. The topological polar surface area (TPSA) is 53.8 Å². The van der Waals surface area contributed by atoms with E-state index in [4.69, 9.17) is 27.6 Å². The standard InChI is InChI=1S/C20H20Cl2N2O3S/c21-15-4-3-14(10-16(15)22)20-24(18(25)12-28-20)11-13-5-7-23(8-6-13)19(26)17-2-1-9-27-17/h1-4,9-10,13,20H,5-8,11-12H2. The molecule has 4 rings (SSSR count). The van der Waals surface area contributed by atoms with Crippen LogP contribution in [0.5, 0.6) is 0 Å². The van der Waals surface area contributed by atoms with Crippen molar-refractivity contribution in [2.75, 3.05) is 25.4 Å². The van der Waals surface area contributed by atoms with Crippen LogP contribution in [0.15, 0.2) is 41.0 Å². The van der Waals surface area contributed by atoms with Gasteiger partial charge in [0, 0.05) is 19.6 Å². The normalized spacial score (nSPS) is 20.8. The van der Waals surface area contributed by atoms with Crippen molar-refractivity contribution in [3.63, 3.8) is 0 Å². The molecule has 8 heteroatoms. The Hall–Kier alpha value is -1.63. The lowest BCUT2D eigenvalue weighted by Gasteiger charge is -2.35. The summed E-state index contributed by atoms with van der Waals surface area (Å²) in [6.45, 7) is 2.05. The Labute approximate surface area is 177 Å². The van der Waals surface area contributed by atoms with Gasteiger partial charge in [-0.15, -0.1) is 11.8 Å². The second kappa shape index (κ2) is 8.39. The molecule has 148 valence electrons. The van der Waals surface area contributed by atoms with Crippen LogP contribution in [0.25, 0.3) is 0 Å². The van der Waals surface area contributed by atoms with Crippen LogP contribution in [-0.4, -0.2) is 47.0 Å². The van der Waals surface area contributed by atoms with Crippen molar-refractivity contribution >= 4 is 46.8 Å². The van der Waals surface area contributed by atoms with Gasteiger partial charge in [0.25, 0.3) is 5.91 Å². The van der Waals surface area contributed by atoms with E-state index in [0.29, 0.717) is 47.1 Å². The van der Waals surface area contributed by atoms with Crippen molar-refractivity contribution in [2.24, 2.45) is 5.92 Å². The predicted octanol–water partition coefficient (Wildman–Crippen LogP) is 4.71. The number of piperidine rings is 1. The molecule has 2 aliphatic rings. The number of amides is 2. The van der Waals surface area contributed by atoms with E-state index in [1.807, 2.05) is 21.9 Å². The van der Waals surface area contributed by atoms with Gasteiger partial charge in [0.2, 0.25) is 5.91 Å². The Kier molecular flexibility index (Phi) is 5.90. The van der Waals surface area contributed by atoms with Gasteiger partial charge in [0.1, 0.15) is 5.37 Å². The number of hydrogen-bond donors (Lipinski definition) is 0. The summed E-state index contributed by atoms with van der Waals surface area (Å²) in [7, 11) is 0. The van der Waals surface area contributed by atoms with E-state index >= 15 is 0 Å². The Balaban J connectivity index is 1.38. The molecule has 2 aromatic rings. The molecular formula is C20H20Cl2N2O3S. The number of nitrogens with zero attached hydrogens (tertiary/aromatic N) is 2. The molecule has 2 aliphatic heterocycles. The van der Waals surface area contributed by atoms with Gasteiger partial charge in [-0.2, -0.15) is 0 Å². The first kappa shape index (κ1) is 19.7. The molecule has 0 spiro atoms. The fourth-order valence-electron chi connectivity index (χ4n) is 3.75. The quantitative estimate of drug-likeness (QED) is 0.692. The summed E-state index contributed by atoms with van der Waals surface area (Å²) in [4.78, 5) is 28.7. The van der Waals surface area contributed by atoms with Gasteiger partial charge in [-0.3, -0.25) is 9.59 Å². The molecule has 0 aliphatic carbocycles. The Bertz CT molecular complexity index is 866. The van der Waals surface area contributed by atoms with Crippen LogP contribution in [0.1, 0.15) is 34.3 Å². The van der Waals surface area contributed by atoms with Crippen molar-refractivity contribution in [1.29, 1.82) is 0 Å². The average molecular weight is 439 g/mol. The molecule has 1 unspecified atom stereocenters. The van der Waals surface area contributed by atoms with E-state index in [0.717, 1.165) is 18.4 Å². The van der Waals surface area contributed by atoms with Crippen LogP contribution in [0.4, 0.5) is 0 Å².